The Morgan fingerprint density at radius 2 is 2.00 bits per heavy atom. The van der Waals surface area contributed by atoms with Crippen molar-refractivity contribution >= 4 is 5.91 Å². The van der Waals surface area contributed by atoms with E-state index in [2.05, 4.69) is 15.5 Å². The van der Waals surface area contributed by atoms with Gasteiger partial charge in [-0.3, -0.25) is 4.79 Å². The number of hydrogen-bond acceptors (Lipinski definition) is 5. The van der Waals surface area contributed by atoms with E-state index in [-0.39, 0.29) is 5.91 Å². The molecule has 1 amide bonds. The fourth-order valence-corrected chi connectivity index (χ4v) is 4.37. The van der Waals surface area contributed by atoms with E-state index >= 15 is 0 Å². The topological polar surface area (TPSA) is 73.1 Å². The third kappa shape index (κ3) is 2.99. The number of piperidine rings is 1. The molecule has 1 aromatic carbocycles. The van der Waals surface area contributed by atoms with Gasteiger partial charge in [-0.25, -0.2) is 0 Å². The highest BCUT2D eigenvalue weighted by Gasteiger charge is 2.39. The first-order valence-electron chi connectivity index (χ1n) is 8.91. The van der Waals surface area contributed by atoms with Crippen LogP contribution >= 0.6 is 0 Å². The molecule has 25 heavy (non-hydrogen) atoms. The first kappa shape index (κ1) is 16.1. The molecule has 2 fully saturated rings. The molecule has 0 unspecified atom stereocenters. The van der Waals surface area contributed by atoms with Gasteiger partial charge in [-0.15, -0.1) is 5.10 Å². The lowest BCUT2D eigenvalue weighted by molar-refractivity contribution is 0.0526. The molecule has 0 bridgehead atoms. The summed E-state index contributed by atoms with van der Waals surface area (Å²) < 4.78 is 6.90. The second-order valence-electron chi connectivity index (χ2n) is 7.18. The van der Waals surface area contributed by atoms with Gasteiger partial charge >= 0.3 is 0 Å². The van der Waals surface area contributed by atoms with Gasteiger partial charge < -0.3 is 9.64 Å². The summed E-state index contributed by atoms with van der Waals surface area (Å²) in [6, 6.07) is 5.44. The predicted molar refractivity (Wildman–Crippen MR) is 91.7 cm³/mol. The van der Waals surface area contributed by atoms with Gasteiger partial charge in [0.15, 0.2) is 0 Å². The van der Waals surface area contributed by atoms with Crippen LogP contribution in [-0.2, 0) is 0 Å². The zero-order valence-electron chi connectivity index (χ0n) is 14.5. The number of amides is 1. The lowest BCUT2D eigenvalue weighted by atomic mass is 9.78. The first-order valence-corrected chi connectivity index (χ1v) is 8.91. The van der Waals surface area contributed by atoms with Crippen LogP contribution in [0.15, 0.2) is 24.5 Å². The molecule has 1 saturated carbocycles. The van der Waals surface area contributed by atoms with Gasteiger partial charge in [-0.05, 0) is 59.7 Å². The summed E-state index contributed by atoms with van der Waals surface area (Å²) in [6.45, 7) is 1.73. The quantitative estimate of drug-likeness (QED) is 0.857. The molecule has 4 rings (SSSR count). The summed E-state index contributed by atoms with van der Waals surface area (Å²) >= 11 is 0. The van der Waals surface area contributed by atoms with Crippen LogP contribution in [0.2, 0.25) is 0 Å². The Kier molecular flexibility index (Phi) is 4.15. The Morgan fingerprint density at radius 3 is 2.72 bits per heavy atom. The number of likely N-dealkylation sites (tertiary alicyclic amines) is 1. The van der Waals surface area contributed by atoms with E-state index < -0.39 is 0 Å². The van der Waals surface area contributed by atoms with Crippen LogP contribution in [-0.4, -0.2) is 51.2 Å². The molecule has 7 heteroatoms. The van der Waals surface area contributed by atoms with Gasteiger partial charge in [0.2, 0.25) is 0 Å². The summed E-state index contributed by atoms with van der Waals surface area (Å²) in [7, 11) is 1.60. The predicted octanol–water partition coefficient (Wildman–Crippen LogP) is 2.47. The number of aromatic nitrogens is 4. The van der Waals surface area contributed by atoms with Crippen LogP contribution in [0.5, 0.6) is 5.75 Å². The van der Waals surface area contributed by atoms with Crippen LogP contribution in [0.1, 0.15) is 48.9 Å². The Labute approximate surface area is 147 Å². The molecule has 132 valence electrons. The van der Waals surface area contributed by atoms with Gasteiger partial charge in [0.1, 0.15) is 17.8 Å². The Bertz CT molecular complexity index is 753. The van der Waals surface area contributed by atoms with E-state index in [0.717, 1.165) is 19.5 Å². The zero-order valence-corrected chi connectivity index (χ0v) is 14.5. The van der Waals surface area contributed by atoms with E-state index in [1.54, 1.807) is 13.2 Å². The first-order chi connectivity index (χ1) is 12.2. The molecule has 0 radical (unpaired) electrons. The normalized spacial score (nSPS) is 19.3. The molecule has 1 saturated heterocycles. The molecular formula is C18H23N5O2. The summed E-state index contributed by atoms with van der Waals surface area (Å²) in [5.74, 6) is 0.720. The van der Waals surface area contributed by atoms with Crippen molar-refractivity contribution in [3.63, 3.8) is 0 Å². The molecule has 7 nitrogen and oxygen atoms in total. The summed E-state index contributed by atoms with van der Waals surface area (Å²) in [6.07, 6.45) is 8.98. The van der Waals surface area contributed by atoms with Crippen molar-refractivity contribution in [2.45, 2.75) is 38.5 Å². The third-order valence-electron chi connectivity index (χ3n) is 5.63. The maximum Gasteiger partial charge on any atom is 0.253 e. The van der Waals surface area contributed by atoms with Crippen molar-refractivity contribution in [3.8, 4) is 11.4 Å². The average molecular weight is 341 g/mol. The van der Waals surface area contributed by atoms with Crippen molar-refractivity contribution in [2.75, 3.05) is 20.2 Å². The number of benzene rings is 1. The second-order valence-corrected chi connectivity index (χ2v) is 7.18. The van der Waals surface area contributed by atoms with E-state index in [0.29, 0.717) is 22.4 Å². The summed E-state index contributed by atoms with van der Waals surface area (Å²) in [5, 5.41) is 11.3. The molecule has 0 N–H and O–H groups in total. The van der Waals surface area contributed by atoms with Gasteiger partial charge in [-0.2, -0.15) is 4.68 Å². The van der Waals surface area contributed by atoms with Crippen molar-refractivity contribution in [1.29, 1.82) is 0 Å². The third-order valence-corrected chi connectivity index (χ3v) is 5.63. The SMILES string of the molecule is COc1ccc(C(=O)N2CCCC3(CCCC3)C2)cc1-n1cnnn1. The Hall–Kier alpha value is -2.44. The fraction of sp³-hybridized carbons (Fsp3) is 0.556. The number of hydrogen-bond donors (Lipinski definition) is 0. The Morgan fingerprint density at radius 1 is 1.20 bits per heavy atom. The summed E-state index contributed by atoms with van der Waals surface area (Å²) in [5.41, 5.74) is 1.69. The minimum Gasteiger partial charge on any atom is -0.494 e. The lowest BCUT2D eigenvalue weighted by Crippen LogP contribution is -2.45. The van der Waals surface area contributed by atoms with Crippen molar-refractivity contribution < 1.29 is 9.53 Å². The second kappa shape index (κ2) is 6.46. The van der Waals surface area contributed by atoms with E-state index in [4.69, 9.17) is 4.74 Å². The van der Waals surface area contributed by atoms with Crippen molar-refractivity contribution in [2.24, 2.45) is 5.41 Å². The summed E-state index contributed by atoms with van der Waals surface area (Å²) in [4.78, 5) is 15.1. The molecule has 1 spiro atoms. The number of carbonyl (C=O) groups excluding carboxylic acids is 1. The molecule has 2 heterocycles. The van der Waals surface area contributed by atoms with E-state index in [1.165, 1.54) is 43.1 Å². The zero-order chi connectivity index (χ0) is 17.3. The number of carbonyl (C=O) groups is 1. The minimum absolute atomic E-state index is 0.0861. The average Bonchev–Trinajstić information content (AvgIpc) is 3.33. The number of nitrogens with zero attached hydrogens (tertiary/aromatic N) is 5. The lowest BCUT2D eigenvalue weighted by Gasteiger charge is -2.40. The van der Waals surface area contributed by atoms with Crippen molar-refractivity contribution in [3.05, 3.63) is 30.1 Å². The maximum absolute atomic E-state index is 13.1. The van der Waals surface area contributed by atoms with Crippen LogP contribution < -0.4 is 4.74 Å². The standard InChI is InChI=1S/C18H23N5O2/c1-25-16-6-5-14(11-15(16)23-13-19-20-21-23)17(24)22-10-4-9-18(12-22)7-2-3-8-18/h5-6,11,13H,2-4,7-10,12H2,1H3. The number of ether oxygens (including phenoxy) is 1. The molecule has 0 atom stereocenters. The molecule has 1 aliphatic heterocycles. The Balaban J connectivity index is 1.61. The highest BCUT2D eigenvalue weighted by atomic mass is 16.5. The van der Waals surface area contributed by atoms with Crippen LogP contribution in [0.3, 0.4) is 0 Å². The monoisotopic (exact) mass is 341 g/mol. The number of tetrazole rings is 1. The maximum atomic E-state index is 13.1. The fourth-order valence-electron chi connectivity index (χ4n) is 4.37. The van der Waals surface area contributed by atoms with Crippen LogP contribution in [0.25, 0.3) is 5.69 Å². The number of rotatable bonds is 3. The highest BCUT2D eigenvalue weighted by Crippen LogP contribution is 2.45. The van der Waals surface area contributed by atoms with E-state index in [1.807, 2.05) is 17.0 Å². The molecule has 1 aromatic heterocycles. The molecular weight excluding hydrogens is 318 g/mol. The minimum atomic E-state index is 0.0861. The smallest absolute Gasteiger partial charge is 0.253 e. The largest absolute Gasteiger partial charge is 0.494 e. The van der Waals surface area contributed by atoms with Gasteiger partial charge in [0, 0.05) is 18.7 Å². The van der Waals surface area contributed by atoms with E-state index in [9.17, 15) is 4.79 Å². The molecule has 2 aromatic rings. The van der Waals surface area contributed by atoms with Gasteiger partial charge in [0.25, 0.3) is 5.91 Å². The number of methoxy groups -OCH3 is 1. The van der Waals surface area contributed by atoms with Gasteiger partial charge in [0.05, 0.1) is 7.11 Å². The van der Waals surface area contributed by atoms with Crippen LogP contribution in [0.4, 0.5) is 0 Å². The van der Waals surface area contributed by atoms with Gasteiger partial charge in [-0.1, -0.05) is 12.8 Å². The molecule has 1 aliphatic carbocycles. The molecule has 2 aliphatic rings. The van der Waals surface area contributed by atoms with Crippen LogP contribution in [0, 0.1) is 5.41 Å². The highest BCUT2D eigenvalue weighted by molar-refractivity contribution is 5.95. The van der Waals surface area contributed by atoms with Crippen molar-refractivity contribution in [1.82, 2.24) is 25.1 Å².